The Labute approximate surface area is 135 Å². The normalized spacial score (nSPS) is 18.1. The molecule has 3 nitrogen and oxygen atoms in total. The second kappa shape index (κ2) is 8.10. The van der Waals surface area contributed by atoms with E-state index in [0.29, 0.717) is 6.10 Å². The summed E-state index contributed by atoms with van der Waals surface area (Å²) in [4.78, 5) is 3.91. The van der Waals surface area contributed by atoms with Crippen LogP contribution in [0.25, 0.3) is 0 Å². The van der Waals surface area contributed by atoms with Crippen molar-refractivity contribution < 1.29 is 4.74 Å². The molecule has 0 saturated carbocycles. The number of piperidine rings is 1. The first-order chi connectivity index (χ1) is 9.19. The molecule has 0 aromatic carbocycles. The van der Waals surface area contributed by atoms with Gasteiger partial charge in [-0.25, -0.2) is 0 Å². The molecule has 2 N–H and O–H groups in total. The molecule has 0 amide bonds. The Balaban J connectivity index is 1.71. The van der Waals surface area contributed by atoms with Crippen molar-refractivity contribution >= 4 is 43.2 Å². The summed E-state index contributed by atoms with van der Waals surface area (Å²) in [5.41, 5.74) is 5.47. The lowest BCUT2D eigenvalue weighted by molar-refractivity contribution is 0.00582. The van der Waals surface area contributed by atoms with Crippen molar-refractivity contribution in [1.29, 1.82) is 0 Å². The van der Waals surface area contributed by atoms with Gasteiger partial charge in [-0.2, -0.15) is 0 Å². The number of ether oxygens (including phenoxy) is 1. The molecular formula is C13H20Br2N2OS. The number of likely N-dealkylation sites (tertiary alicyclic amines) is 1. The summed E-state index contributed by atoms with van der Waals surface area (Å²) in [7, 11) is 0. The van der Waals surface area contributed by atoms with E-state index in [9.17, 15) is 0 Å². The molecule has 0 spiro atoms. The Hall–Kier alpha value is 0.540. The quantitative estimate of drug-likeness (QED) is 0.726. The molecule has 2 heterocycles. The van der Waals surface area contributed by atoms with Gasteiger partial charge in [0, 0.05) is 35.6 Å². The van der Waals surface area contributed by atoms with Crippen LogP contribution in [0, 0.1) is 0 Å². The van der Waals surface area contributed by atoms with E-state index in [4.69, 9.17) is 10.5 Å². The van der Waals surface area contributed by atoms with Crippen molar-refractivity contribution in [2.45, 2.75) is 31.9 Å². The molecule has 0 aliphatic carbocycles. The third kappa shape index (κ3) is 5.10. The zero-order chi connectivity index (χ0) is 13.7. The molecular weight excluding hydrogens is 392 g/mol. The highest BCUT2D eigenvalue weighted by atomic mass is 79.9. The Morgan fingerprint density at radius 3 is 2.68 bits per heavy atom. The molecule has 19 heavy (non-hydrogen) atoms. The van der Waals surface area contributed by atoms with Gasteiger partial charge in [-0.05, 0) is 63.7 Å². The van der Waals surface area contributed by atoms with E-state index in [0.717, 1.165) is 56.5 Å². The van der Waals surface area contributed by atoms with Crippen molar-refractivity contribution in [3.05, 3.63) is 19.2 Å². The standard InChI is InChI=1S/C13H20Br2N2OS/c14-12-8-11(19-13(12)15)9-17-5-2-10(3-6-17)18-7-1-4-16/h8,10H,1-7,9,16H2. The SMILES string of the molecule is NCCCOC1CCN(Cc2cc(Br)c(Br)s2)CC1. The van der Waals surface area contributed by atoms with Crippen LogP contribution in [0.5, 0.6) is 0 Å². The van der Waals surface area contributed by atoms with Crippen LogP contribution in [-0.4, -0.2) is 37.2 Å². The second-order valence-electron chi connectivity index (χ2n) is 4.82. The van der Waals surface area contributed by atoms with Crippen LogP contribution in [0.4, 0.5) is 0 Å². The van der Waals surface area contributed by atoms with Gasteiger partial charge in [0.2, 0.25) is 0 Å². The number of nitrogens with two attached hydrogens (primary N) is 1. The zero-order valence-electron chi connectivity index (χ0n) is 10.9. The van der Waals surface area contributed by atoms with Gasteiger partial charge in [0.1, 0.15) is 0 Å². The minimum absolute atomic E-state index is 0.435. The number of halogens is 2. The minimum atomic E-state index is 0.435. The first-order valence-electron chi connectivity index (χ1n) is 6.66. The van der Waals surface area contributed by atoms with Crippen LogP contribution in [-0.2, 0) is 11.3 Å². The van der Waals surface area contributed by atoms with Crippen molar-refractivity contribution in [1.82, 2.24) is 4.90 Å². The highest BCUT2D eigenvalue weighted by Crippen LogP contribution is 2.33. The summed E-state index contributed by atoms with van der Waals surface area (Å²) in [6.45, 7) is 4.83. The molecule has 6 heteroatoms. The summed E-state index contributed by atoms with van der Waals surface area (Å²) in [6.07, 6.45) is 3.68. The first-order valence-corrected chi connectivity index (χ1v) is 9.07. The average Bonchev–Trinajstić information content (AvgIpc) is 2.71. The van der Waals surface area contributed by atoms with Crippen molar-refractivity contribution in [3.8, 4) is 0 Å². The molecule has 0 unspecified atom stereocenters. The maximum Gasteiger partial charge on any atom is 0.0843 e. The van der Waals surface area contributed by atoms with Crippen LogP contribution >= 0.6 is 43.2 Å². The predicted molar refractivity (Wildman–Crippen MR) is 87.6 cm³/mol. The fourth-order valence-corrected chi connectivity index (χ4v) is 4.48. The average molecular weight is 412 g/mol. The molecule has 0 atom stereocenters. The van der Waals surface area contributed by atoms with Crippen LogP contribution in [0.1, 0.15) is 24.1 Å². The lowest BCUT2D eigenvalue weighted by Crippen LogP contribution is -2.36. The maximum atomic E-state index is 5.83. The largest absolute Gasteiger partial charge is 0.378 e. The van der Waals surface area contributed by atoms with Gasteiger partial charge in [0.25, 0.3) is 0 Å². The van der Waals surface area contributed by atoms with Crippen LogP contribution in [0.15, 0.2) is 14.3 Å². The molecule has 0 bridgehead atoms. The van der Waals surface area contributed by atoms with E-state index in [1.807, 2.05) is 11.3 Å². The van der Waals surface area contributed by atoms with Gasteiger partial charge in [-0.15, -0.1) is 11.3 Å². The molecule has 0 radical (unpaired) electrons. The molecule has 1 aromatic heterocycles. The number of thiophene rings is 1. The minimum Gasteiger partial charge on any atom is -0.378 e. The van der Waals surface area contributed by atoms with Gasteiger partial charge in [-0.1, -0.05) is 0 Å². The summed E-state index contributed by atoms with van der Waals surface area (Å²) < 4.78 is 8.17. The van der Waals surface area contributed by atoms with Gasteiger partial charge in [0.05, 0.1) is 9.89 Å². The Morgan fingerprint density at radius 1 is 1.37 bits per heavy atom. The Bertz CT molecular complexity index is 372. The van der Waals surface area contributed by atoms with Gasteiger partial charge in [-0.3, -0.25) is 4.90 Å². The van der Waals surface area contributed by atoms with Gasteiger partial charge >= 0.3 is 0 Å². The molecule has 2 rings (SSSR count). The third-order valence-corrected chi connectivity index (χ3v) is 6.55. The predicted octanol–water partition coefficient (Wildman–Crippen LogP) is 3.60. The second-order valence-corrected chi connectivity index (χ2v) is 8.13. The van der Waals surface area contributed by atoms with E-state index in [2.05, 4.69) is 42.8 Å². The number of hydrogen-bond acceptors (Lipinski definition) is 4. The van der Waals surface area contributed by atoms with Crippen molar-refractivity contribution in [3.63, 3.8) is 0 Å². The van der Waals surface area contributed by atoms with Gasteiger partial charge < -0.3 is 10.5 Å². The number of rotatable bonds is 6. The molecule has 108 valence electrons. The summed E-state index contributed by atoms with van der Waals surface area (Å²) >= 11 is 8.90. The summed E-state index contributed by atoms with van der Waals surface area (Å²) in [6, 6.07) is 2.21. The fraction of sp³-hybridized carbons (Fsp3) is 0.692. The number of hydrogen-bond donors (Lipinski definition) is 1. The highest BCUT2D eigenvalue weighted by Gasteiger charge is 2.20. The van der Waals surface area contributed by atoms with E-state index >= 15 is 0 Å². The lowest BCUT2D eigenvalue weighted by Gasteiger charge is -2.31. The van der Waals surface area contributed by atoms with E-state index in [-0.39, 0.29) is 0 Å². The van der Waals surface area contributed by atoms with Crippen LogP contribution in [0.2, 0.25) is 0 Å². The molecule has 1 fully saturated rings. The van der Waals surface area contributed by atoms with Gasteiger partial charge in [0.15, 0.2) is 0 Å². The lowest BCUT2D eigenvalue weighted by atomic mass is 10.1. The number of nitrogens with zero attached hydrogens (tertiary/aromatic N) is 1. The monoisotopic (exact) mass is 410 g/mol. The Kier molecular flexibility index (Phi) is 6.79. The van der Waals surface area contributed by atoms with E-state index in [1.165, 1.54) is 8.66 Å². The molecule has 1 aliphatic rings. The highest BCUT2D eigenvalue weighted by molar-refractivity contribution is 9.13. The molecule has 1 saturated heterocycles. The summed E-state index contributed by atoms with van der Waals surface area (Å²) in [5.74, 6) is 0. The topological polar surface area (TPSA) is 38.5 Å². The first kappa shape index (κ1) is 15.9. The maximum absolute atomic E-state index is 5.83. The smallest absolute Gasteiger partial charge is 0.0843 e. The fourth-order valence-electron chi connectivity index (χ4n) is 2.26. The van der Waals surface area contributed by atoms with Crippen molar-refractivity contribution in [2.75, 3.05) is 26.2 Å². The van der Waals surface area contributed by atoms with E-state index in [1.54, 1.807) is 0 Å². The van der Waals surface area contributed by atoms with E-state index < -0.39 is 0 Å². The van der Waals surface area contributed by atoms with Crippen LogP contribution < -0.4 is 5.73 Å². The molecule has 1 aromatic rings. The molecule has 1 aliphatic heterocycles. The third-order valence-electron chi connectivity index (χ3n) is 3.31. The Morgan fingerprint density at radius 2 is 2.11 bits per heavy atom. The van der Waals surface area contributed by atoms with Crippen molar-refractivity contribution in [2.24, 2.45) is 5.73 Å². The summed E-state index contributed by atoms with van der Waals surface area (Å²) in [5, 5.41) is 0. The zero-order valence-corrected chi connectivity index (χ0v) is 14.9. The van der Waals surface area contributed by atoms with Crippen LogP contribution in [0.3, 0.4) is 0 Å².